The third kappa shape index (κ3) is 2.75. The number of hydrogen-bond donors (Lipinski definition) is 1. The van der Waals surface area contributed by atoms with Crippen LogP contribution < -0.4 is 4.74 Å². The number of aliphatic carboxylic acids is 1. The number of aryl methyl sites for hydroxylation is 2. The summed E-state index contributed by atoms with van der Waals surface area (Å²) < 4.78 is 5.52. The van der Waals surface area contributed by atoms with E-state index in [2.05, 4.69) is 12.1 Å². The molecule has 0 radical (unpaired) electrons. The zero-order valence-corrected chi connectivity index (χ0v) is 9.24. The fourth-order valence-corrected chi connectivity index (χ4v) is 2.05. The summed E-state index contributed by atoms with van der Waals surface area (Å²) >= 11 is 0. The SMILES string of the molecule is O=C(O)CCCOc1ccc2c(c1)CCC2. The molecule has 0 fully saturated rings. The van der Waals surface area contributed by atoms with Gasteiger partial charge in [0.05, 0.1) is 6.61 Å². The van der Waals surface area contributed by atoms with Crippen LogP contribution in [0.1, 0.15) is 30.4 Å². The third-order valence-electron chi connectivity index (χ3n) is 2.87. The Morgan fingerprint density at radius 3 is 2.94 bits per heavy atom. The lowest BCUT2D eigenvalue weighted by atomic mass is 10.1. The van der Waals surface area contributed by atoms with Gasteiger partial charge < -0.3 is 9.84 Å². The van der Waals surface area contributed by atoms with E-state index in [1.165, 1.54) is 24.0 Å². The van der Waals surface area contributed by atoms with E-state index >= 15 is 0 Å². The van der Waals surface area contributed by atoms with Crippen molar-refractivity contribution in [1.82, 2.24) is 0 Å². The minimum Gasteiger partial charge on any atom is -0.494 e. The van der Waals surface area contributed by atoms with Crippen LogP contribution in [0.4, 0.5) is 0 Å². The van der Waals surface area contributed by atoms with Gasteiger partial charge in [-0.3, -0.25) is 4.79 Å². The van der Waals surface area contributed by atoms with Crippen LogP contribution in [-0.2, 0) is 17.6 Å². The summed E-state index contributed by atoms with van der Waals surface area (Å²) in [6.07, 6.45) is 4.28. The Balaban J connectivity index is 1.83. The standard InChI is InChI=1S/C13H16O3/c14-13(15)5-2-8-16-12-7-6-10-3-1-4-11(10)9-12/h6-7,9H,1-5,8H2,(H,14,15). The number of carboxylic acids is 1. The summed E-state index contributed by atoms with van der Waals surface area (Å²) in [7, 11) is 0. The maximum atomic E-state index is 10.3. The molecule has 0 unspecified atom stereocenters. The Hall–Kier alpha value is -1.51. The van der Waals surface area contributed by atoms with E-state index in [-0.39, 0.29) is 6.42 Å². The second kappa shape index (κ2) is 5.01. The van der Waals surface area contributed by atoms with E-state index in [0.29, 0.717) is 13.0 Å². The van der Waals surface area contributed by atoms with Crippen molar-refractivity contribution in [1.29, 1.82) is 0 Å². The molecule has 2 rings (SSSR count). The van der Waals surface area contributed by atoms with Gasteiger partial charge in [-0.1, -0.05) is 6.07 Å². The fraction of sp³-hybridized carbons (Fsp3) is 0.462. The van der Waals surface area contributed by atoms with Gasteiger partial charge >= 0.3 is 5.97 Å². The highest BCUT2D eigenvalue weighted by atomic mass is 16.5. The Morgan fingerprint density at radius 2 is 2.12 bits per heavy atom. The van der Waals surface area contributed by atoms with E-state index in [4.69, 9.17) is 9.84 Å². The van der Waals surface area contributed by atoms with Gasteiger partial charge in [0.25, 0.3) is 0 Å². The van der Waals surface area contributed by atoms with Gasteiger partial charge in [-0.25, -0.2) is 0 Å². The normalized spacial score (nSPS) is 13.5. The molecule has 0 spiro atoms. The average Bonchev–Trinajstić information content (AvgIpc) is 2.71. The molecular weight excluding hydrogens is 204 g/mol. The molecule has 1 aromatic carbocycles. The number of hydrogen-bond acceptors (Lipinski definition) is 2. The van der Waals surface area contributed by atoms with Crippen molar-refractivity contribution in [3.05, 3.63) is 29.3 Å². The zero-order valence-electron chi connectivity index (χ0n) is 9.24. The quantitative estimate of drug-likeness (QED) is 0.775. The van der Waals surface area contributed by atoms with Gasteiger partial charge in [-0.15, -0.1) is 0 Å². The van der Waals surface area contributed by atoms with Crippen LogP contribution >= 0.6 is 0 Å². The minimum atomic E-state index is -0.766. The van der Waals surface area contributed by atoms with Crippen molar-refractivity contribution in [3.8, 4) is 5.75 Å². The molecule has 0 saturated heterocycles. The minimum absolute atomic E-state index is 0.172. The van der Waals surface area contributed by atoms with Gasteiger partial charge in [0.1, 0.15) is 5.75 Å². The van der Waals surface area contributed by atoms with Crippen LogP contribution in [0.2, 0.25) is 0 Å². The largest absolute Gasteiger partial charge is 0.494 e. The first kappa shape index (κ1) is 11.0. The van der Waals surface area contributed by atoms with Crippen molar-refractivity contribution in [2.75, 3.05) is 6.61 Å². The average molecular weight is 220 g/mol. The Bertz CT molecular complexity index is 385. The van der Waals surface area contributed by atoms with E-state index in [0.717, 1.165) is 12.2 Å². The van der Waals surface area contributed by atoms with Gasteiger partial charge in [0, 0.05) is 6.42 Å². The summed E-state index contributed by atoms with van der Waals surface area (Å²) in [6, 6.07) is 6.18. The lowest BCUT2D eigenvalue weighted by Crippen LogP contribution is -2.02. The van der Waals surface area contributed by atoms with E-state index in [9.17, 15) is 4.79 Å². The molecule has 1 aromatic rings. The molecule has 0 saturated carbocycles. The van der Waals surface area contributed by atoms with Crippen molar-refractivity contribution >= 4 is 5.97 Å². The third-order valence-corrected chi connectivity index (χ3v) is 2.87. The second-order valence-corrected chi connectivity index (χ2v) is 4.13. The summed E-state index contributed by atoms with van der Waals surface area (Å²) in [5.41, 5.74) is 2.81. The van der Waals surface area contributed by atoms with E-state index in [1.807, 2.05) is 6.07 Å². The summed E-state index contributed by atoms with van der Waals surface area (Å²) in [4.78, 5) is 10.3. The lowest BCUT2D eigenvalue weighted by Gasteiger charge is -2.07. The highest BCUT2D eigenvalue weighted by Gasteiger charge is 2.10. The first-order chi connectivity index (χ1) is 7.75. The molecule has 0 aliphatic heterocycles. The number of carbonyl (C=O) groups is 1. The maximum Gasteiger partial charge on any atom is 0.303 e. The number of rotatable bonds is 5. The van der Waals surface area contributed by atoms with Crippen LogP contribution in [-0.4, -0.2) is 17.7 Å². The predicted molar refractivity (Wildman–Crippen MR) is 60.8 cm³/mol. The topological polar surface area (TPSA) is 46.5 Å². The molecule has 0 bridgehead atoms. The maximum absolute atomic E-state index is 10.3. The first-order valence-electron chi connectivity index (χ1n) is 5.72. The van der Waals surface area contributed by atoms with E-state index < -0.39 is 5.97 Å². The highest BCUT2D eigenvalue weighted by Crippen LogP contribution is 2.26. The Morgan fingerprint density at radius 1 is 1.31 bits per heavy atom. The van der Waals surface area contributed by atoms with Gasteiger partial charge in [0.2, 0.25) is 0 Å². The Kier molecular flexibility index (Phi) is 3.44. The molecule has 0 atom stereocenters. The first-order valence-corrected chi connectivity index (χ1v) is 5.72. The predicted octanol–water partition coefficient (Wildman–Crippen LogP) is 2.42. The fourth-order valence-electron chi connectivity index (χ4n) is 2.05. The monoisotopic (exact) mass is 220 g/mol. The molecule has 0 aromatic heterocycles. The van der Waals surface area contributed by atoms with Gasteiger partial charge in [-0.2, -0.15) is 0 Å². The van der Waals surface area contributed by atoms with Crippen LogP contribution in [0.5, 0.6) is 5.75 Å². The molecule has 0 amide bonds. The molecule has 3 heteroatoms. The molecule has 1 aliphatic rings. The number of ether oxygens (including phenoxy) is 1. The number of carboxylic acid groups (broad SMARTS) is 1. The lowest BCUT2D eigenvalue weighted by molar-refractivity contribution is -0.137. The zero-order chi connectivity index (χ0) is 11.4. The molecule has 0 heterocycles. The molecule has 86 valence electrons. The number of benzene rings is 1. The highest BCUT2D eigenvalue weighted by molar-refractivity contribution is 5.66. The smallest absolute Gasteiger partial charge is 0.303 e. The van der Waals surface area contributed by atoms with Crippen molar-refractivity contribution in [3.63, 3.8) is 0 Å². The summed E-state index contributed by atoms with van der Waals surface area (Å²) in [5.74, 6) is 0.101. The van der Waals surface area contributed by atoms with E-state index in [1.54, 1.807) is 0 Å². The van der Waals surface area contributed by atoms with Gasteiger partial charge in [-0.05, 0) is 48.9 Å². The molecule has 1 N–H and O–H groups in total. The molecular formula is C13H16O3. The van der Waals surface area contributed by atoms with Crippen molar-refractivity contribution < 1.29 is 14.6 Å². The second-order valence-electron chi connectivity index (χ2n) is 4.13. The number of fused-ring (bicyclic) bond motifs is 1. The summed E-state index contributed by atoms with van der Waals surface area (Å²) in [6.45, 7) is 0.477. The van der Waals surface area contributed by atoms with Crippen molar-refractivity contribution in [2.45, 2.75) is 32.1 Å². The molecule has 16 heavy (non-hydrogen) atoms. The Labute approximate surface area is 95.0 Å². The van der Waals surface area contributed by atoms with Crippen molar-refractivity contribution in [2.24, 2.45) is 0 Å². The van der Waals surface area contributed by atoms with Crippen LogP contribution in [0.25, 0.3) is 0 Å². The van der Waals surface area contributed by atoms with Crippen LogP contribution in [0, 0.1) is 0 Å². The molecule has 1 aliphatic carbocycles. The van der Waals surface area contributed by atoms with Crippen LogP contribution in [0.3, 0.4) is 0 Å². The molecule has 3 nitrogen and oxygen atoms in total. The van der Waals surface area contributed by atoms with Gasteiger partial charge in [0.15, 0.2) is 0 Å². The summed E-state index contributed by atoms with van der Waals surface area (Å²) in [5, 5.41) is 8.48. The van der Waals surface area contributed by atoms with Crippen LogP contribution in [0.15, 0.2) is 18.2 Å².